The highest BCUT2D eigenvalue weighted by Gasteiger charge is 2.16. The summed E-state index contributed by atoms with van der Waals surface area (Å²) in [6.45, 7) is 0. The van der Waals surface area contributed by atoms with E-state index >= 15 is 0 Å². The van der Waals surface area contributed by atoms with Crippen LogP contribution in [0.1, 0.15) is 11.7 Å². The topological polar surface area (TPSA) is 29.5 Å². The Morgan fingerprint density at radius 1 is 1.36 bits per heavy atom. The van der Waals surface area contributed by atoms with Gasteiger partial charge in [0, 0.05) is 4.47 Å². The van der Waals surface area contributed by atoms with Gasteiger partial charge in [0.2, 0.25) is 0 Å². The molecule has 0 heterocycles. The second kappa shape index (κ2) is 5.21. The van der Waals surface area contributed by atoms with E-state index in [-0.39, 0.29) is 0 Å². The molecule has 0 aromatic heterocycles. The third-order valence-corrected chi connectivity index (χ3v) is 2.64. The number of benzene rings is 1. The van der Waals surface area contributed by atoms with Crippen molar-refractivity contribution in [2.75, 3.05) is 7.11 Å². The van der Waals surface area contributed by atoms with Crippen molar-refractivity contribution in [1.29, 1.82) is 0 Å². The van der Waals surface area contributed by atoms with Crippen LogP contribution in [0.25, 0.3) is 0 Å². The maximum atomic E-state index is 9.60. The molecule has 1 atom stereocenters. The first-order chi connectivity index (χ1) is 6.54. The van der Waals surface area contributed by atoms with Gasteiger partial charge in [-0.1, -0.05) is 15.9 Å². The van der Waals surface area contributed by atoms with Gasteiger partial charge < -0.3 is 9.84 Å². The minimum absolute atomic E-state index is 0.617. The Labute approximate surface area is 101 Å². The summed E-state index contributed by atoms with van der Waals surface area (Å²) >= 11 is 14.4. The van der Waals surface area contributed by atoms with Crippen molar-refractivity contribution in [3.05, 3.63) is 28.2 Å². The van der Waals surface area contributed by atoms with Gasteiger partial charge in [0.25, 0.3) is 0 Å². The van der Waals surface area contributed by atoms with E-state index in [0.717, 1.165) is 4.47 Å². The lowest BCUT2D eigenvalue weighted by molar-refractivity contribution is 0.192. The van der Waals surface area contributed by atoms with E-state index in [2.05, 4.69) is 15.9 Å². The number of rotatable bonds is 3. The molecule has 1 unspecified atom stereocenters. The first-order valence-electron chi connectivity index (χ1n) is 3.85. The number of methoxy groups -OCH3 is 1. The fraction of sp³-hybridized carbons (Fsp3) is 0.333. The highest BCUT2D eigenvalue weighted by molar-refractivity contribution is 9.10. The summed E-state index contributed by atoms with van der Waals surface area (Å²) in [6.07, 6.45) is -0.912. The van der Waals surface area contributed by atoms with Crippen LogP contribution in [0, 0.1) is 0 Å². The summed E-state index contributed by atoms with van der Waals surface area (Å²) in [4.78, 5) is -0.853. The van der Waals surface area contributed by atoms with Gasteiger partial charge in [0.1, 0.15) is 16.7 Å². The second-order valence-corrected chi connectivity index (χ2v) is 4.78. The molecule has 0 saturated carbocycles. The van der Waals surface area contributed by atoms with E-state index in [1.54, 1.807) is 25.3 Å². The molecule has 0 fully saturated rings. The van der Waals surface area contributed by atoms with Gasteiger partial charge in [-0.15, -0.1) is 23.2 Å². The van der Waals surface area contributed by atoms with Crippen molar-refractivity contribution < 1.29 is 9.84 Å². The minimum atomic E-state index is -0.912. The van der Waals surface area contributed by atoms with E-state index in [9.17, 15) is 5.11 Å². The van der Waals surface area contributed by atoms with Crippen LogP contribution in [0.5, 0.6) is 5.75 Å². The van der Waals surface area contributed by atoms with Crippen LogP contribution in [-0.4, -0.2) is 17.1 Å². The lowest BCUT2D eigenvalue weighted by Gasteiger charge is -2.13. The number of aliphatic hydroxyl groups is 1. The smallest absolute Gasteiger partial charge is 0.137 e. The van der Waals surface area contributed by atoms with Gasteiger partial charge in [-0.3, -0.25) is 0 Å². The molecule has 0 saturated heterocycles. The number of hydrogen-bond donors (Lipinski definition) is 1. The molecular weight excluding hydrogens is 291 g/mol. The Morgan fingerprint density at radius 2 is 2.00 bits per heavy atom. The molecule has 0 aliphatic rings. The normalized spacial score (nSPS) is 13.0. The van der Waals surface area contributed by atoms with Gasteiger partial charge in [0.05, 0.1) is 7.11 Å². The third kappa shape index (κ3) is 3.02. The van der Waals surface area contributed by atoms with Crippen LogP contribution in [0.3, 0.4) is 0 Å². The molecule has 5 heteroatoms. The Kier molecular flexibility index (Phi) is 4.51. The van der Waals surface area contributed by atoms with Crippen LogP contribution in [0.15, 0.2) is 22.7 Å². The van der Waals surface area contributed by atoms with Crippen molar-refractivity contribution in [3.63, 3.8) is 0 Å². The number of alkyl halides is 2. The molecule has 0 radical (unpaired) electrons. The standard InChI is InChI=1S/C9H9BrCl2O2/c1-14-7-3-5(2-6(10)4-7)8(13)9(11)12/h2-4,8-9,13H,1H3. The van der Waals surface area contributed by atoms with Crippen LogP contribution in [0.4, 0.5) is 0 Å². The van der Waals surface area contributed by atoms with Crippen LogP contribution >= 0.6 is 39.1 Å². The summed E-state index contributed by atoms with van der Waals surface area (Å²) < 4.78 is 5.84. The van der Waals surface area contributed by atoms with Crippen LogP contribution in [-0.2, 0) is 0 Å². The van der Waals surface area contributed by atoms with Crippen molar-refractivity contribution in [1.82, 2.24) is 0 Å². The Hall–Kier alpha value is 0.0400. The first-order valence-corrected chi connectivity index (χ1v) is 5.52. The van der Waals surface area contributed by atoms with E-state index in [1.165, 1.54) is 0 Å². The van der Waals surface area contributed by atoms with Gasteiger partial charge >= 0.3 is 0 Å². The Morgan fingerprint density at radius 3 is 2.50 bits per heavy atom. The number of ether oxygens (including phenoxy) is 1. The minimum Gasteiger partial charge on any atom is -0.497 e. The van der Waals surface area contributed by atoms with Crippen LogP contribution in [0.2, 0.25) is 0 Å². The highest BCUT2D eigenvalue weighted by atomic mass is 79.9. The summed E-state index contributed by atoms with van der Waals surface area (Å²) in [6, 6.07) is 5.21. The lowest BCUT2D eigenvalue weighted by atomic mass is 10.1. The van der Waals surface area contributed by atoms with Crippen molar-refractivity contribution in [2.45, 2.75) is 10.9 Å². The predicted molar refractivity (Wildman–Crippen MR) is 61.1 cm³/mol. The molecule has 1 aromatic rings. The average Bonchev–Trinajstić information content (AvgIpc) is 2.15. The molecule has 1 rings (SSSR count). The maximum Gasteiger partial charge on any atom is 0.137 e. The number of halogens is 3. The van der Waals surface area contributed by atoms with Gasteiger partial charge in [-0.05, 0) is 23.8 Å². The van der Waals surface area contributed by atoms with Crippen LogP contribution < -0.4 is 4.74 Å². The fourth-order valence-electron chi connectivity index (χ4n) is 1.02. The average molecular weight is 300 g/mol. The second-order valence-electron chi connectivity index (χ2n) is 2.70. The molecule has 2 nitrogen and oxygen atoms in total. The van der Waals surface area contributed by atoms with Gasteiger partial charge in [-0.25, -0.2) is 0 Å². The lowest BCUT2D eigenvalue weighted by Crippen LogP contribution is -2.06. The SMILES string of the molecule is COc1cc(Br)cc(C(O)C(Cl)Cl)c1. The number of aliphatic hydroxyl groups excluding tert-OH is 1. The maximum absolute atomic E-state index is 9.60. The van der Waals surface area contributed by atoms with Gasteiger partial charge in [0.15, 0.2) is 0 Å². The van der Waals surface area contributed by atoms with E-state index in [4.69, 9.17) is 27.9 Å². The summed E-state index contributed by atoms with van der Waals surface area (Å²) in [5, 5.41) is 9.60. The summed E-state index contributed by atoms with van der Waals surface area (Å²) in [5.41, 5.74) is 0.617. The quantitative estimate of drug-likeness (QED) is 0.868. The molecule has 78 valence electrons. The zero-order chi connectivity index (χ0) is 10.7. The largest absolute Gasteiger partial charge is 0.497 e. The molecule has 14 heavy (non-hydrogen) atoms. The molecule has 1 aromatic carbocycles. The van der Waals surface area contributed by atoms with Crippen molar-refractivity contribution >= 4 is 39.1 Å². The molecular formula is C9H9BrCl2O2. The Balaban J connectivity index is 3.02. The monoisotopic (exact) mass is 298 g/mol. The summed E-state index contributed by atoms with van der Waals surface area (Å²) in [7, 11) is 1.55. The first kappa shape index (κ1) is 12.1. The molecule has 0 bridgehead atoms. The zero-order valence-electron chi connectivity index (χ0n) is 7.38. The van der Waals surface area contributed by atoms with E-state index in [1.807, 2.05) is 0 Å². The molecule has 0 aliphatic heterocycles. The summed E-state index contributed by atoms with van der Waals surface area (Å²) in [5.74, 6) is 0.641. The number of hydrogen-bond acceptors (Lipinski definition) is 2. The van der Waals surface area contributed by atoms with Gasteiger partial charge in [-0.2, -0.15) is 0 Å². The predicted octanol–water partition coefficient (Wildman–Crippen LogP) is 3.29. The molecule has 0 aliphatic carbocycles. The Bertz CT molecular complexity index is 318. The molecule has 0 amide bonds. The molecule has 1 N–H and O–H groups in total. The van der Waals surface area contributed by atoms with E-state index in [0.29, 0.717) is 11.3 Å². The zero-order valence-corrected chi connectivity index (χ0v) is 10.5. The van der Waals surface area contributed by atoms with Crippen molar-refractivity contribution in [2.24, 2.45) is 0 Å². The third-order valence-electron chi connectivity index (χ3n) is 1.71. The molecule has 0 spiro atoms. The van der Waals surface area contributed by atoms with E-state index < -0.39 is 10.9 Å². The van der Waals surface area contributed by atoms with Crippen molar-refractivity contribution in [3.8, 4) is 5.75 Å². The highest BCUT2D eigenvalue weighted by Crippen LogP contribution is 2.29. The fourth-order valence-corrected chi connectivity index (χ4v) is 1.80.